The minimum atomic E-state index is -0.528. The molecule has 3 nitrogen and oxygen atoms in total. The molecule has 0 saturated carbocycles. The van der Waals surface area contributed by atoms with Gasteiger partial charge in [-0.15, -0.1) is 0 Å². The molecule has 6 aromatic carbocycles. The Balaban J connectivity index is 1.43. The summed E-state index contributed by atoms with van der Waals surface area (Å²) in [5.41, 5.74) is 9.32. The number of aryl methyl sites for hydroxylation is 1. The molecule has 8 rings (SSSR count). The highest BCUT2D eigenvalue weighted by Gasteiger charge is 2.46. The van der Waals surface area contributed by atoms with Crippen molar-refractivity contribution in [3.05, 3.63) is 202 Å². The van der Waals surface area contributed by atoms with E-state index < -0.39 is 5.41 Å². The van der Waals surface area contributed by atoms with E-state index in [9.17, 15) is 4.79 Å². The molecule has 0 amide bonds. The van der Waals surface area contributed by atoms with Crippen molar-refractivity contribution in [1.82, 2.24) is 4.57 Å². The van der Waals surface area contributed by atoms with E-state index in [1.54, 1.807) is 4.57 Å². The van der Waals surface area contributed by atoms with Crippen LogP contribution in [0.3, 0.4) is 0 Å². The van der Waals surface area contributed by atoms with Crippen molar-refractivity contribution in [2.75, 3.05) is 4.90 Å². The third kappa shape index (κ3) is 3.79. The molecule has 1 aliphatic heterocycles. The monoisotopic (exact) mass is 566 g/mol. The molecule has 210 valence electrons. The lowest BCUT2D eigenvalue weighted by Crippen LogP contribution is -2.37. The van der Waals surface area contributed by atoms with Crippen molar-refractivity contribution in [3.63, 3.8) is 0 Å². The number of para-hydroxylation sites is 3. The largest absolute Gasteiger partial charge is 0.310 e. The van der Waals surface area contributed by atoms with Crippen LogP contribution in [-0.4, -0.2) is 4.57 Å². The minimum absolute atomic E-state index is 0.0276. The normalized spacial score (nSPS) is 13.3. The Morgan fingerprint density at radius 1 is 0.500 bits per heavy atom. The summed E-state index contributed by atoms with van der Waals surface area (Å²) in [6.45, 7) is 2.07. The standard InChI is InChI=1S/C41H30N2O/c1-29-28-42(32-19-9-4-10-20-32)40(44)35-27-33(25-26-34(29)35)43-38-23-13-11-21-36(38)41(30-15-5-2-6-16-30,31-17-7-3-8-18-31)37-22-12-14-24-39(37)43/h2-28H,1H3. The summed E-state index contributed by atoms with van der Waals surface area (Å²) in [7, 11) is 0. The summed E-state index contributed by atoms with van der Waals surface area (Å²) in [5.74, 6) is 0. The molecule has 0 radical (unpaired) electrons. The summed E-state index contributed by atoms with van der Waals surface area (Å²) >= 11 is 0. The van der Waals surface area contributed by atoms with Gasteiger partial charge in [0, 0.05) is 23.0 Å². The zero-order chi connectivity index (χ0) is 29.7. The lowest BCUT2D eigenvalue weighted by Gasteiger charge is -2.46. The molecule has 0 saturated heterocycles. The Bertz CT molecular complexity index is 2110. The highest BCUT2D eigenvalue weighted by atomic mass is 16.1. The molecule has 0 atom stereocenters. The Hall–Kier alpha value is -5.67. The maximum absolute atomic E-state index is 14.0. The van der Waals surface area contributed by atoms with E-state index in [4.69, 9.17) is 0 Å². The van der Waals surface area contributed by atoms with Gasteiger partial charge in [-0.2, -0.15) is 0 Å². The van der Waals surface area contributed by atoms with E-state index in [0.29, 0.717) is 5.39 Å². The lowest BCUT2D eigenvalue weighted by atomic mass is 9.62. The first-order valence-corrected chi connectivity index (χ1v) is 15.0. The molecular weight excluding hydrogens is 536 g/mol. The molecule has 2 heterocycles. The molecule has 0 N–H and O–H groups in total. The molecular formula is C41H30N2O. The van der Waals surface area contributed by atoms with E-state index in [1.165, 1.54) is 22.3 Å². The molecule has 0 fully saturated rings. The molecule has 44 heavy (non-hydrogen) atoms. The van der Waals surface area contributed by atoms with E-state index >= 15 is 0 Å². The van der Waals surface area contributed by atoms with E-state index in [1.807, 2.05) is 36.5 Å². The summed E-state index contributed by atoms with van der Waals surface area (Å²) in [6.07, 6.45) is 1.94. The third-order valence-corrected chi connectivity index (χ3v) is 9.00. The second kappa shape index (κ2) is 10.3. The summed E-state index contributed by atoms with van der Waals surface area (Å²) < 4.78 is 1.76. The van der Waals surface area contributed by atoms with Crippen LogP contribution in [0.4, 0.5) is 17.1 Å². The number of fused-ring (bicyclic) bond motifs is 3. The van der Waals surface area contributed by atoms with Crippen LogP contribution in [0.1, 0.15) is 27.8 Å². The zero-order valence-electron chi connectivity index (χ0n) is 24.4. The van der Waals surface area contributed by atoms with Gasteiger partial charge < -0.3 is 4.90 Å². The topological polar surface area (TPSA) is 25.2 Å². The van der Waals surface area contributed by atoms with Gasteiger partial charge in [-0.1, -0.05) is 121 Å². The number of hydrogen-bond acceptors (Lipinski definition) is 2. The van der Waals surface area contributed by atoms with Crippen LogP contribution < -0.4 is 10.5 Å². The van der Waals surface area contributed by atoms with Crippen molar-refractivity contribution in [1.29, 1.82) is 0 Å². The quantitative estimate of drug-likeness (QED) is 0.212. The first-order valence-electron chi connectivity index (χ1n) is 15.0. The van der Waals surface area contributed by atoms with Crippen molar-refractivity contribution >= 4 is 27.8 Å². The van der Waals surface area contributed by atoms with Crippen LogP contribution in [0.25, 0.3) is 16.5 Å². The Morgan fingerprint density at radius 2 is 1.00 bits per heavy atom. The highest BCUT2D eigenvalue weighted by molar-refractivity contribution is 5.94. The van der Waals surface area contributed by atoms with Gasteiger partial charge >= 0.3 is 0 Å². The summed E-state index contributed by atoms with van der Waals surface area (Å²) in [4.78, 5) is 16.3. The predicted octanol–water partition coefficient (Wildman–Crippen LogP) is 9.47. The molecule has 0 aliphatic carbocycles. The predicted molar refractivity (Wildman–Crippen MR) is 181 cm³/mol. The fraction of sp³-hybridized carbons (Fsp3) is 0.0488. The van der Waals surface area contributed by atoms with Gasteiger partial charge in [-0.25, -0.2) is 0 Å². The number of benzene rings is 6. The summed E-state index contributed by atoms with van der Waals surface area (Å²) in [6, 6.07) is 55.1. The van der Waals surface area contributed by atoms with Crippen molar-refractivity contribution in [3.8, 4) is 5.69 Å². The fourth-order valence-corrected chi connectivity index (χ4v) is 7.11. The van der Waals surface area contributed by atoms with Gasteiger partial charge in [-0.05, 0) is 76.5 Å². The van der Waals surface area contributed by atoms with Crippen LogP contribution in [0, 0.1) is 6.92 Å². The fourth-order valence-electron chi connectivity index (χ4n) is 7.11. The van der Waals surface area contributed by atoms with E-state index in [2.05, 4.69) is 139 Å². The van der Waals surface area contributed by atoms with Crippen LogP contribution in [0.2, 0.25) is 0 Å². The number of rotatable bonds is 4. The second-order valence-corrected chi connectivity index (χ2v) is 11.4. The summed E-state index contributed by atoms with van der Waals surface area (Å²) in [5, 5.41) is 1.66. The van der Waals surface area contributed by atoms with Crippen LogP contribution >= 0.6 is 0 Å². The van der Waals surface area contributed by atoms with E-state index in [0.717, 1.165) is 33.7 Å². The maximum Gasteiger partial charge on any atom is 0.263 e. The SMILES string of the molecule is Cc1cn(-c2ccccc2)c(=O)c2cc(N3c4ccccc4C(c4ccccc4)(c4ccccc4)c4ccccc43)ccc12. The van der Waals surface area contributed by atoms with Crippen molar-refractivity contribution in [2.24, 2.45) is 0 Å². The van der Waals surface area contributed by atoms with Gasteiger partial charge in [0.25, 0.3) is 5.56 Å². The highest BCUT2D eigenvalue weighted by Crippen LogP contribution is 2.57. The van der Waals surface area contributed by atoms with Crippen LogP contribution in [0.15, 0.2) is 169 Å². The third-order valence-electron chi connectivity index (χ3n) is 9.00. The van der Waals surface area contributed by atoms with Gasteiger partial charge in [0.1, 0.15) is 0 Å². The van der Waals surface area contributed by atoms with E-state index in [-0.39, 0.29) is 5.56 Å². The van der Waals surface area contributed by atoms with Crippen LogP contribution in [-0.2, 0) is 5.41 Å². The van der Waals surface area contributed by atoms with Crippen LogP contribution in [0.5, 0.6) is 0 Å². The van der Waals surface area contributed by atoms with Gasteiger partial charge in [0.05, 0.1) is 16.8 Å². The molecule has 3 heteroatoms. The maximum atomic E-state index is 14.0. The molecule has 1 aliphatic rings. The molecule has 0 spiro atoms. The Labute approximate surface area is 256 Å². The first kappa shape index (κ1) is 26.0. The van der Waals surface area contributed by atoms with Crippen molar-refractivity contribution in [2.45, 2.75) is 12.3 Å². The average Bonchev–Trinajstić information content (AvgIpc) is 3.10. The van der Waals surface area contributed by atoms with Gasteiger partial charge in [-0.3, -0.25) is 9.36 Å². The molecule has 1 aromatic heterocycles. The number of anilines is 3. The molecule has 0 bridgehead atoms. The first-order chi connectivity index (χ1) is 21.7. The van der Waals surface area contributed by atoms with Gasteiger partial charge in [0.2, 0.25) is 0 Å². The smallest absolute Gasteiger partial charge is 0.263 e. The average molecular weight is 567 g/mol. The number of aromatic nitrogens is 1. The number of nitrogens with zero attached hydrogens (tertiary/aromatic N) is 2. The zero-order valence-corrected chi connectivity index (χ0v) is 24.4. The van der Waals surface area contributed by atoms with Gasteiger partial charge in [0.15, 0.2) is 0 Å². The molecule has 7 aromatic rings. The Kier molecular flexibility index (Phi) is 6.06. The Morgan fingerprint density at radius 3 is 1.57 bits per heavy atom. The lowest BCUT2D eigenvalue weighted by molar-refractivity contribution is 0.731. The number of hydrogen-bond donors (Lipinski definition) is 0. The minimum Gasteiger partial charge on any atom is -0.310 e. The van der Waals surface area contributed by atoms with Crippen molar-refractivity contribution < 1.29 is 0 Å². The number of pyridine rings is 1. The second-order valence-electron chi connectivity index (χ2n) is 11.4. The molecule has 0 unspecified atom stereocenters.